The molecule has 1 atom stereocenters. The molecule has 0 amide bonds. The highest BCUT2D eigenvalue weighted by molar-refractivity contribution is 14.0. The molecule has 0 bridgehead atoms. The number of aliphatic imine (C=N–C) groups is 1. The van der Waals surface area contributed by atoms with Gasteiger partial charge in [-0.2, -0.15) is 0 Å². The van der Waals surface area contributed by atoms with Crippen molar-refractivity contribution < 1.29 is 14.3 Å². The van der Waals surface area contributed by atoms with Gasteiger partial charge in [-0.15, -0.1) is 24.0 Å². The van der Waals surface area contributed by atoms with Crippen molar-refractivity contribution >= 4 is 35.9 Å². The molecule has 0 aliphatic carbocycles. The molecule has 1 fully saturated rings. The number of ether oxygens (including phenoxy) is 2. The van der Waals surface area contributed by atoms with Crippen LogP contribution in [-0.4, -0.2) is 64.3 Å². The number of nitrogens with zero attached hydrogens (tertiary/aromatic N) is 2. The van der Waals surface area contributed by atoms with Crippen molar-refractivity contribution in [2.24, 2.45) is 4.99 Å². The number of esters is 1. The van der Waals surface area contributed by atoms with Crippen molar-refractivity contribution in [1.82, 2.24) is 15.5 Å². The Morgan fingerprint density at radius 1 is 1.21 bits per heavy atom. The summed E-state index contributed by atoms with van der Waals surface area (Å²) in [4.78, 5) is 18.0. The lowest BCUT2D eigenvalue weighted by Gasteiger charge is -2.29. The van der Waals surface area contributed by atoms with E-state index in [0.29, 0.717) is 6.42 Å². The first kappa shape index (κ1) is 25.5. The van der Waals surface area contributed by atoms with E-state index >= 15 is 0 Å². The number of unbranched alkanes of at least 4 members (excludes halogenated alkanes) is 1. The highest BCUT2D eigenvalue weighted by Crippen LogP contribution is 2.27. The fraction of sp³-hybridized carbons (Fsp3) is 0.619. The maximum atomic E-state index is 11.2. The molecule has 0 saturated carbocycles. The van der Waals surface area contributed by atoms with E-state index < -0.39 is 0 Å². The Labute approximate surface area is 191 Å². The van der Waals surface area contributed by atoms with Crippen LogP contribution in [0.1, 0.15) is 43.7 Å². The lowest BCUT2D eigenvalue weighted by Crippen LogP contribution is -2.43. The molecular weight excluding hydrogens is 483 g/mol. The van der Waals surface area contributed by atoms with Gasteiger partial charge in [-0.05, 0) is 56.5 Å². The monoisotopic (exact) mass is 518 g/mol. The molecule has 1 heterocycles. The smallest absolute Gasteiger partial charge is 0.305 e. The summed E-state index contributed by atoms with van der Waals surface area (Å²) in [5.74, 6) is 1.51. The topological polar surface area (TPSA) is 75.2 Å². The van der Waals surface area contributed by atoms with Crippen LogP contribution in [0, 0.1) is 0 Å². The lowest BCUT2D eigenvalue weighted by molar-refractivity contribution is -0.140. The minimum Gasteiger partial charge on any atom is -0.497 e. The second kappa shape index (κ2) is 14.4. The maximum Gasteiger partial charge on any atom is 0.305 e. The minimum absolute atomic E-state index is 0. The molecule has 1 aromatic carbocycles. The van der Waals surface area contributed by atoms with Crippen LogP contribution >= 0.6 is 24.0 Å². The van der Waals surface area contributed by atoms with Gasteiger partial charge in [-0.1, -0.05) is 12.1 Å². The summed E-state index contributed by atoms with van der Waals surface area (Å²) in [5, 5.41) is 6.78. The zero-order valence-corrected chi connectivity index (χ0v) is 20.1. The van der Waals surface area contributed by atoms with Gasteiger partial charge in [0.2, 0.25) is 0 Å². The third-order valence-electron chi connectivity index (χ3n) is 5.07. The first-order valence-electron chi connectivity index (χ1n) is 10.1. The van der Waals surface area contributed by atoms with Gasteiger partial charge in [-0.25, -0.2) is 0 Å². The van der Waals surface area contributed by atoms with Gasteiger partial charge in [0.05, 0.1) is 20.3 Å². The number of rotatable bonds is 10. The van der Waals surface area contributed by atoms with Crippen LogP contribution in [-0.2, 0) is 9.53 Å². The van der Waals surface area contributed by atoms with Crippen molar-refractivity contribution in [1.29, 1.82) is 0 Å². The third kappa shape index (κ3) is 8.77. The molecule has 164 valence electrons. The number of nitrogens with one attached hydrogen (secondary N) is 2. The van der Waals surface area contributed by atoms with Gasteiger partial charge in [0.25, 0.3) is 0 Å². The molecule has 2 N–H and O–H groups in total. The maximum absolute atomic E-state index is 11.2. The number of hydrogen-bond acceptors (Lipinski definition) is 5. The van der Waals surface area contributed by atoms with E-state index in [4.69, 9.17) is 4.74 Å². The van der Waals surface area contributed by atoms with E-state index in [0.717, 1.165) is 50.7 Å². The summed E-state index contributed by atoms with van der Waals surface area (Å²) in [5.41, 5.74) is 1.25. The Balaban J connectivity index is 0.00000420. The van der Waals surface area contributed by atoms with Gasteiger partial charge in [0.15, 0.2) is 5.96 Å². The van der Waals surface area contributed by atoms with E-state index in [-0.39, 0.29) is 36.0 Å². The summed E-state index contributed by atoms with van der Waals surface area (Å²) >= 11 is 0. The SMILES string of the molecule is CN=C(NCCCCC(=O)OC)NCC(c1cccc(OC)c1)N1CCCC1.I. The number of methoxy groups -OCH3 is 2. The van der Waals surface area contributed by atoms with Gasteiger partial charge < -0.3 is 20.1 Å². The van der Waals surface area contributed by atoms with Crippen molar-refractivity contribution in [2.45, 2.75) is 38.1 Å². The van der Waals surface area contributed by atoms with Gasteiger partial charge >= 0.3 is 5.97 Å². The second-order valence-electron chi connectivity index (χ2n) is 6.95. The number of likely N-dealkylation sites (tertiary alicyclic amines) is 1. The normalized spacial score (nSPS) is 15.3. The van der Waals surface area contributed by atoms with E-state index in [1.807, 2.05) is 12.1 Å². The predicted molar refractivity (Wildman–Crippen MR) is 127 cm³/mol. The molecule has 2 rings (SSSR count). The van der Waals surface area contributed by atoms with Crippen LogP contribution in [0.2, 0.25) is 0 Å². The van der Waals surface area contributed by atoms with Crippen molar-refractivity contribution in [3.05, 3.63) is 29.8 Å². The van der Waals surface area contributed by atoms with Crippen LogP contribution in [0.5, 0.6) is 5.75 Å². The number of carbonyl (C=O) groups is 1. The zero-order chi connectivity index (χ0) is 20.2. The number of halogens is 1. The molecule has 0 aromatic heterocycles. The van der Waals surface area contributed by atoms with E-state index in [2.05, 4.69) is 37.4 Å². The highest BCUT2D eigenvalue weighted by atomic mass is 127. The summed E-state index contributed by atoms with van der Waals surface area (Å²) < 4.78 is 10.1. The minimum atomic E-state index is -0.158. The molecule has 0 radical (unpaired) electrons. The number of benzene rings is 1. The van der Waals surface area contributed by atoms with Gasteiger partial charge in [-0.3, -0.25) is 14.7 Å². The first-order valence-corrected chi connectivity index (χ1v) is 10.1. The molecule has 0 spiro atoms. The fourth-order valence-corrected chi connectivity index (χ4v) is 3.48. The van der Waals surface area contributed by atoms with Crippen LogP contribution in [0.4, 0.5) is 0 Å². The predicted octanol–water partition coefficient (Wildman–Crippen LogP) is 2.96. The van der Waals surface area contributed by atoms with Crippen LogP contribution in [0.25, 0.3) is 0 Å². The first-order chi connectivity index (χ1) is 13.7. The quantitative estimate of drug-likeness (QED) is 0.163. The Morgan fingerprint density at radius 3 is 2.62 bits per heavy atom. The summed E-state index contributed by atoms with van der Waals surface area (Å²) in [6.07, 6.45) is 4.64. The Kier molecular flexibility index (Phi) is 12.7. The Bertz CT molecular complexity index is 636. The molecule has 8 heteroatoms. The fourth-order valence-electron chi connectivity index (χ4n) is 3.48. The average Bonchev–Trinajstić information content (AvgIpc) is 3.26. The standard InChI is InChI=1S/C21H34N4O3.HI/c1-22-21(23-12-5-4-11-20(26)28-3)24-16-19(25-13-6-7-14-25)17-9-8-10-18(15-17)27-2;/h8-10,15,19H,4-7,11-14,16H2,1-3H3,(H2,22,23,24);1H. The number of carbonyl (C=O) groups excluding carboxylic acids is 1. The van der Waals surface area contributed by atoms with Crippen molar-refractivity contribution in [3.63, 3.8) is 0 Å². The molecule has 1 aromatic rings. The van der Waals surface area contributed by atoms with Crippen LogP contribution in [0.15, 0.2) is 29.3 Å². The summed E-state index contributed by atoms with van der Waals surface area (Å²) in [7, 11) is 4.90. The van der Waals surface area contributed by atoms with Crippen LogP contribution < -0.4 is 15.4 Å². The Hall–Kier alpha value is -1.55. The summed E-state index contributed by atoms with van der Waals surface area (Å²) in [6, 6.07) is 8.58. The second-order valence-corrected chi connectivity index (χ2v) is 6.95. The number of hydrogen-bond donors (Lipinski definition) is 2. The van der Waals surface area contributed by atoms with E-state index in [9.17, 15) is 4.79 Å². The molecule has 1 saturated heterocycles. The van der Waals surface area contributed by atoms with Gasteiger partial charge in [0, 0.05) is 26.6 Å². The average molecular weight is 518 g/mol. The number of guanidine groups is 1. The molecule has 29 heavy (non-hydrogen) atoms. The molecule has 1 aliphatic rings. The third-order valence-corrected chi connectivity index (χ3v) is 5.07. The molecular formula is C21H35IN4O3. The highest BCUT2D eigenvalue weighted by Gasteiger charge is 2.24. The van der Waals surface area contributed by atoms with E-state index in [1.165, 1.54) is 25.5 Å². The summed E-state index contributed by atoms with van der Waals surface area (Å²) in [6.45, 7) is 3.77. The molecule has 1 aliphatic heterocycles. The molecule has 7 nitrogen and oxygen atoms in total. The molecule has 1 unspecified atom stereocenters. The zero-order valence-electron chi connectivity index (χ0n) is 17.8. The lowest BCUT2D eigenvalue weighted by atomic mass is 10.1. The van der Waals surface area contributed by atoms with Crippen molar-refractivity contribution in [3.8, 4) is 5.75 Å². The Morgan fingerprint density at radius 2 is 1.97 bits per heavy atom. The van der Waals surface area contributed by atoms with Crippen LogP contribution in [0.3, 0.4) is 0 Å². The van der Waals surface area contributed by atoms with Crippen molar-refractivity contribution in [2.75, 3.05) is 47.4 Å². The van der Waals surface area contributed by atoms with Gasteiger partial charge in [0.1, 0.15) is 5.75 Å². The van der Waals surface area contributed by atoms with E-state index in [1.54, 1.807) is 14.2 Å². The largest absolute Gasteiger partial charge is 0.497 e.